The van der Waals surface area contributed by atoms with Gasteiger partial charge >= 0.3 is 0 Å². The Labute approximate surface area is 112 Å². The first-order valence-corrected chi connectivity index (χ1v) is 6.40. The van der Waals surface area contributed by atoms with Crippen LogP contribution in [0.15, 0.2) is 48.5 Å². The number of fused-ring (bicyclic) bond motifs is 1. The number of hydrogen-bond acceptors (Lipinski definition) is 2. The molecule has 3 nitrogen and oxygen atoms in total. The highest BCUT2D eigenvalue weighted by molar-refractivity contribution is 5.96. The van der Waals surface area contributed by atoms with Crippen LogP contribution >= 0.6 is 0 Å². The summed E-state index contributed by atoms with van der Waals surface area (Å²) in [5, 5.41) is 9.76. The minimum absolute atomic E-state index is 0.0476. The van der Waals surface area contributed by atoms with Crippen molar-refractivity contribution in [3.05, 3.63) is 65.2 Å². The van der Waals surface area contributed by atoms with E-state index in [0.717, 1.165) is 6.42 Å². The summed E-state index contributed by atoms with van der Waals surface area (Å²) < 4.78 is 0. The van der Waals surface area contributed by atoms with Gasteiger partial charge in [0.05, 0.1) is 5.56 Å². The molecule has 0 radical (unpaired) electrons. The second-order valence-electron chi connectivity index (χ2n) is 4.76. The van der Waals surface area contributed by atoms with Crippen molar-refractivity contribution in [3.63, 3.8) is 0 Å². The predicted molar refractivity (Wildman–Crippen MR) is 73.0 cm³/mol. The molecule has 0 aromatic heterocycles. The number of benzene rings is 2. The number of carbonyl (C=O) groups is 1. The molecule has 2 aromatic carbocycles. The quantitative estimate of drug-likeness (QED) is 0.848. The summed E-state index contributed by atoms with van der Waals surface area (Å²) in [6, 6.07) is 14.9. The Kier molecular flexibility index (Phi) is 2.95. The van der Waals surface area contributed by atoms with Gasteiger partial charge in [0.1, 0.15) is 5.75 Å². The molecule has 1 aliphatic rings. The van der Waals surface area contributed by atoms with Crippen LogP contribution in [0.25, 0.3) is 0 Å². The fraction of sp³-hybridized carbons (Fsp3) is 0.188. The Morgan fingerprint density at radius 2 is 1.68 bits per heavy atom. The molecule has 0 unspecified atom stereocenters. The summed E-state index contributed by atoms with van der Waals surface area (Å²) in [7, 11) is 0. The van der Waals surface area contributed by atoms with E-state index in [1.807, 2.05) is 12.1 Å². The third-order valence-corrected chi connectivity index (χ3v) is 3.55. The van der Waals surface area contributed by atoms with E-state index < -0.39 is 0 Å². The molecule has 1 heterocycles. The largest absolute Gasteiger partial charge is 0.507 e. The average Bonchev–Trinajstić information content (AvgIpc) is 2.46. The number of carbonyl (C=O) groups excluding carboxylic acids is 1. The summed E-state index contributed by atoms with van der Waals surface area (Å²) in [4.78, 5) is 14.2. The van der Waals surface area contributed by atoms with Crippen LogP contribution in [0, 0.1) is 0 Å². The molecule has 0 saturated carbocycles. The molecular formula is C16H15NO2. The molecular weight excluding hydrogens is 238 g/mol. The molecule has 3 rings (SSSR count). The van der Waals surface area contributed by atoms with Crippen LogP contribution in [0.3, 0.4) is 0 Å². The second kappa shape index (κ2) is 4.76. The van der Waals surface area contributed by atoms with Crippen LogP contribution in [0.1, 0.15) is 21.5 Å². The summed E-state index contributed by atoms with van der Waals surface area (Å²) in [5.74, 6) is -0.0565. The molecule has 1 aliphatic heterocycles. The van der Waals surface area contributed by atoms with Gasteiger partial charge in [-0.05, 0) is 29.7 Å². The Bertz CT molecular complexity index is 622. The van der Waals surface area contributed by atoms with Gasteiger partial charge in [-0.15, -0.1) is 0 Å². The van der Waals surface area contributed by atoms with E-state index in [1.165, 1.54) is 11.1 Å². The number of rotatable bonds is 1. The van der Waals surface area contributed by atoms with Crippen molar-refractivity contribution in [1.29, 1.82) is 0 Å². The molecule has 0 spiro atoms. The van der Waals surface area contributed by atoms with E-state index in [-0.39, 0.29) is 11.7 Å². The lowest BCUT2D eigenvalue weighted by molar-refractivity contribution is 0.0731. The number of aromatic hydroxyl groups is 1. The lowest BCUT2D eigenvalue weighted by Crippen LogP contribution is -2.35. The summed E-state index contributed by atoms with van der Waals surface area (Å²) in [6.45, 7) is 1.31. The van der Waals surface area contributed by atoms with Gasteiger partial charge in [-0.2, -0.15) is 0 Å². The Hall–Kier alpha value is -2.29. The number of nitrogens with zero attached hydrogens (tertiary/aromatic N) is 1. The van der Waals surface area contributed by atoms with Crippen molar-refractivity contribution >= 4 is 5.91 Å². The lowest BCUT2D eigenvalue weighted by Gasteiger charge is -2.29. The maximum atomic E-state index is 12.4. The van der Waals surface area contributed by atoms with Crippen LogP contribution < -0.4 is 0 Å². The van der Waals surface area contributed by atoms with E-state index in [9.17, 15) is 9.90 Å². The molecule has 0 aliphatic carbocycles. The molecule has 0 fully saturated rings. The number of amides is 1. The third kappa shape index (κ3) is 2.19. The molecule has 1 amide bonds. The van der Waals surface area contributed by atoms with Crippen molar-refractivity contribution in [2.75, 3.05) is 6.54 Å². The van der Waals surface area contributed by atoms with E-state index in [0.29, 0.717) is 18.7 Å². The summed E-state index contributed by atoms with van der Waals surface area (Å²) in [5.41, 5.74) is 2.88. The number of para-hydroxylation sites is 1. The van der Waals surface area contributed by atoms with E-state index in [2.05, 4.69) is 12.1 Å². The molecule has 19 heavy (non-hydrogen) atoms. The minimum Gasteiger partial charge on any atom is -0.507 e. The van der Waals surface area contributed by atoms with Crippen LogP contribution in [-0.2, 0) is 13.0 Å². The summed E-state index contributed by atoms with van der Waals surface area (Å²) >= 11 is 0. The first-order chi connectivity index (χ1) is 9.25. The van der Waals surface area contributed by atoms with E-state index in [4.69, 9.17) is 0 Å². The highest BCUT2D eigenvalue weighted by Crippen LogP contribution is 2.23. The molecule has 0 atom stereocenters. The zero-order chi connectivity index (χ0) is 13.2. The zero-order valence-corrected chi connectivity index (χ0v) is 10.5. The van der Waals surface area contributed by atoms with E-state index >= 15 is 0 Å². The third-order valence-electron chi connectivity index (χ3n) is 3.55. The maximum Gasteiger partial charge on any atom is 0.257 e. The Balaban J connectivity index is 1.86. The van der Waals surface area contributed by atoms with Crippen molar-refractivity contribution in [2.24, 2.45) is 0 Å². The van der Waals surface area contributed by atoms with Gasteiger partial charge in [0.2, 0.25) is 0 Å². The zero-order valence-electron chi connectivity index (χ0n) is 10.5. The number of phenolic OH excluding ortho intramolecular Hbond substituents is 1. The summed E-state index contributed by atoms with van der Waals surface area (Å²) in [6.07, 6.45) is 0.871. The molecule has 3 heteroatoms. The SMILES string of the molecule is O=C(c1ccccc1O)N1CCc2ccccc2C1. The Morgan fingerprint density at radius 1 is 1.00 bits per heavy atom. The van der Waals surface area contributed by atoms with Crippen molar-refractivity contribution < 1.29 is 9.90 Å². The van der Waals surface area contributed by atoms with Gasteiger partial charge in [0.25, 0.3) is 5.91 Å². The highest BCUT2D eigenvalue weighted by Gasteiger charge is 2.22. The normalized spacial score (nSPS) is 14.0. The topological polar surface area (TPSA) is 40.5 Å². The first kappa shape index (κ1) is 11.8. The van der Waals surface area contributed by atoms with Crippen LogP contribution in [-0.4, -0.2) is 22.5 Å². The number of hydrogen-bond donors (Lipinski definition) is 1. The van der Waals surface area contributed by atoms with Gasteiger partial charge < -0.3 is 10.0 Å². The van der Waals surface area contributed by atoms with Crippen molar-refractivity contribution in [1.82, 2.24) is 4.90 Å². The molecule has 96 valence electrons. The smallest absolute Gasteiger partial charge is 0.257 e. The van der Waals surface area contributed by atoms with E-state index in [1.54, 1.807) is 29.2 Å². The van der Waals surface area contributed by atoms with Crippen LogP contribution in [0.5, 0.6) is 5.75 Å². The maximum absolute atomic E-state index is 12.4. The molecule has 0 saturated heterocycles. The van der Waals surface area contributed by atoms with Gasteiger partial charge in [-0.1, -0.05) is 36.4 Å². The number of phenols is 1. The standard InChI is InChI=1S/C16H15NO2/c18-15-8-4-3-7-14(15)16(19)17-10-9-12-5-1-2-6-13(12)11-17/h1-8,18H,9-11H2. The predicted octanol–water partition coefficient (Wildman–Crippen LogP) is 2.59. The van der Waals surface area contributed by atoms with Crippen LogP contribution in [0.4, 0.5) is 0 Å². The minimum atomic E-state index is -0.104. The fourth-order valence-electron chi connectivity index (χ4n) is 2.49. The van der Waals surface area contributed by atoms with Crippen molar-refractivity contribution in [3.8, 4) is 5.75 Å². The fourth-order valence-corrected chi connectivity index (χ4v) is 2.49. The van der Waals surface area contributed by atoms with Gasteiger partial charge in [-0.25, -0.2) is 0 Å². The first-order valence-electron chi connectivity index (χ1n) is 6.40. The average molecular weight is 253 g/mol. The van der Waals surface area contributed by atoms with Gasteiger partial charge in [-0.3, -0.25) is 4.79 Å². The lowest BCUT2D eigenvalue weighted by atomic mass is 9.99. The molecule has 2 aromatic rings. The van der Waals surface area contributed by atoms with Gasteiger partial charge in [0, 0.05) is 13.1 Å². The second-order valence-corrected chi connectivity index (χ2v) is 4.76. The molecule has 0 bridgehead atoms. The monoisotopic (exact) mass is 253 g/mol. The van der Waals surface area contributed by atoms with Crippen LogP contribution in [0.2, 0.25) is 0 Å². The molecule has 1 N–H and O–H groups in total. The Morgan fingerprint density at radius 3 is 2.47 bits per heavy atom. The highest BCUT2D eigenvalue weighted by atomic mass is 16.3. The van der Waals surface area contributed by atoms with Crippen molar-refractivity contribution in [2.45, 2.75) is 13.0 Å². The van der Waals surface area contributed by atoms with Gasteiger partial charge in [0.15, 0.2) is 0 Å².